The van der Waals surface area contributed by atoms with Crippen molar-refractivity contribution in [2.75, 3.05) is 31.5 Å². The Hall–Kier alpha value is -2.20. The van der Waals surface area contributed by atoms with E-state index in [1.807, 2.05) is 13.0 Å². The number of nitriles is 1. The first kappa shape index (κ1) is 17.6. The van der Waals surface area contributed by atoms with Gasteiger partial charge in [-0.15, -0.1) is 0 Å². The standard InChI is InChI=1S/C19H22N4OS/c1-15(19(24)21-18-5-3-2-4-17(18)12-20)23-9-7-22(8-10-23)13-16-6-11-25-14-16/h2-6,11,14-15H,7-10,13H2,1H3,(H,21,24). The molecule has 2 heterocycles. The average molecular weight is 354 g/mol. The molecule has 25 heavy (non-hydrogen) atoms. The van der Waals surface area contributed by atoms with Gasteiger partial charge in [-0.25, -0.2) is 0 Å². The number of carbonyl (C=O) groups excluding carboxylic acids is 1. The van der Waals surface area contributed by atoms with Gasteiger partial charge >= 0.3 is 0 Å². The first-order valence-corrected chi connectivity index (χ1v) is 9.39. The summed E-state index contributed by atoms with van der Waals surface area (Å²) < 4.78 is 0. The summed E-state index contributed by atoms with van der Waals surface area (Å²) in [4.78, 5) is 17.2. The summed E-state index contributed by atoms with van der Waals surface area (Å²) in [7, 11) is 0. The molecule has 1 unspecified atom stereocenters. The smallest absolute Gasteiger partial charge is 0.241 e. The lowest BCUT2D eigenvalue weighted by Gasteiger charge is -2.37. The second-order valence-electron chi connectivity index (χ2n) is 6.27. The second-order valence-corrected chi connectivity index (χ2v) is 7.05. The van der Waals surface area contributed by atoms with Gasteiger partial charge in [-0.2, -0.15) is 16.6 Å². The molecule has 3 rings (SSSR count). The van der Waals surface area contributed by atoms with Crippen LogP contribution in [0.2, 0.25) is 0 Å². The normalized spacial score (nSPS) is 17.0. The van der Waals surface area contributed by atoms with Gasteiger partial charge in [0, 0.05) is 32.7 Å². The predicted octanol–water partition coefficient (Wildman–Crippen LogP) is 2.76. The van der Waals surface area contributed by atoms with Gasteiger partial charge in [-0.1, -0.05) is 12.1 Å². The Labute approximate surface area is 152 Å². The summed E-state index contributed by atoms with van der Waals surface area (Å²) in [6.07, 6.45) is 0. The third-order valence-electron chi connectivity index (χ3n) is 4.63. The molecular weight excluding hydrogens is 332 g/mol. The number of carbonyl (C=O) groups is 1. The summed E-state index contributed by atoms with van der Waals surface area (Å²) in [5.41, 5.74) is 2.43. The van der Waals surface area contributed by atoms with E-state index in [0.29, 0.717) is 11.3 Å². The first-order chi connectivity index (χ1) is 12.2. The number of hydrogen-bond donors (Lipinski definition) is 1. The van der Waals surface area contributed by atoms with Crippen LogP contribution in [0.15, 0.2) is 41.1 Å². The topological polar surface area (TPSA) is 59.4 Å². The molecule has 0 bridgehead atoms. The minimum Gasteiger partial charge on any atom is -0.324 e. The summed E-state index contributed by atoms with van der Waals surface area (Å²) >= 11 is 1.73. The molecule has 0 aliphatic carbocycles. The maximum absolute atomic E-state index is 12.5. The van der Waals surface area contributed by atoms with Crippen molar-refractivity contribution in [3.05, 3.63) is 52.2 Å². The van der Waals surface area contributed by atoms with Crippen LogP contribution in [0, 0.1) is 11.3 Å². The van der Waals surface area contributed by atoms with Gasteiger partial charge in [0.25, 0.3) is 0 Å². The maximum Gasteiger partial charge on any atom is 0.241 e. The zero-order chi connectivity index (χ0) is 17.6. The van der Waals surface area contributed by atoms with Crippen molar-refractivity contribution >= 4 is 22.9 Å². The molecule has 0 spiro atoms. The zero-order valence-corrected chi connectivity index (χ0v) is 15.1. The third kappa shape index (κ3) is 4.45. The molecule has 1 atom stereocenters. The highest BCUT2D eigenvalue weighted by Gasteiger charge is 2.26. The predicted molar refractivity (Wildman–Crippen MR) is 100 cm³/mol. The average Bonchev–Trinajstić information content (AvgIpc) is 3.15. The Morgan fingerprint density at radius 2 is 2.04 bits per heavy atom. The fraction of sp³-hybridized carbons (Fsp3) is 0.368. The number of piperazine rings is 1. The Balaban J connectivity index is 1.52. The highest BCUT2D eigenvalue weighted by Crippen LogP contribution is 2.16. The summed E-state index contributed by atoms with van der Waals surface area (Å²) in [6, 6.07) is 11.2. The monoisotopic (exact) mass is 354 g/mol. The molecule has 1 aliphatic heterocycles. The summed E-state index contributed by atoms with van der Waals surface area (Å²) in [5, 5.41) is 16.3. The van der Waals surface area contributed by atoms with E-state index in [-0.39, 0.29) is 11.9 Å². The molecular formula is C19H22N4OS. The van der Waals surface area contributed by atoms with Crippen LogP contribution in [0.1, 0.15) is 18.1 Å². The number of nitrogens with one attached hydrogen (secondary N) is 1. The quantitative estimate of drug-likeness (QED) is 0.897. The van der Waals surface area contributed by atoms with Gasteiger partial charge in [0.05, 0.1) is 17.3 Å². The molecule has 130 valence electrons. The van der Waals surface area contributed by atoms with Crippen LogP contribution in [-0.2, 0) is 11.3 Å². The van der Waals surface area contributed by atoms with E-state index in [0.717, 1.165) is 32.7 Å². The van der Waals surface area contributed by atoms with Gasteiger partial charge in [0.15, 0.2) is 0 Å². The molecule has 1 aromatic heterocycles. The highest BCUT2D eigenvalue weighted by atomic mass is 32.1. The SMILES string of the molecule is CC(C(=O)Nc1ccccc1C#N)N1CCN(Cc2ccsc2)CC1. The van der Waals surface area contributed by atoms with Crippen LogP contribution >= 0.6 is 11.3 Å². The number of benzene rings is 1. The van der Waals surface area contributed by atoms with E-state index in [1.54, 1.807) is 29.5 Å². The molecule has 5 nitrogen and oxygen atoms in total. The van der Waals surface area contributed by atoms with Gasteiger partial charge in [-0.05, 0) is 41.4 Å². The Bertz CT molecular complexity index is 745. The number of thiophene rings is 1. The van der Waals surface area contributed by atoms with Crippen LogP contribution in [0.4, 0.5) is 5.69 Å². The minimum absolute atomic E-state index is 0.0611. The van der Waals surface area contributed by atoms with Crippen LogP contribution < -0.4 is 5.32 Å². The minimum atomic E-state index is -0.213. The third-order valence-corrected chi connectivity index (χ3v) is 5.36. The van der Waals surface area contributed by atoms with Crippen LogP contribution in [0.3, 0.4) is 0 Å². The second kappa shape index (κ2) is 8.26. The van der Waals surface area contributed by atoms with E-state index < -0.39 is 0 Å². The van der Waals surface area contributed by atoms with Gasteiger partial charge in [0.2, 0.25) is 5.91 Å². The van der Waals surface area contributed by atoms with E-state index in [9.17, 15) is 4.79 Å². The van der Waals surface area contributed by atoms with Crippen LogP contribution in [0.5, 0.6) is 0 Å². The molecule has 1 saturated heterocycles. The van der Waals surface area contributed by atoms with E-state index in [2.05, 4.69) is 38.0 Å². The zero-order valence-electron chi connectivity index (χ0n) is 14.3. The summed E-state index contributed by atoms with van der Waals surface area (Å²) in [6.45, 7) is 6.58. The van der Waals surface area contributed by atoms with Gasteiger partial charge < -0.3 is 5.32 Å². The Morgan fingerprint density at radius 1 is 1.28 bits per heavy atom. The van der Waals surface area contributed by atoms with Crippen molar-refractivity contribution in [2.45, 2.75) is 19.5 Å². The Morgan fingerprint density at radius 3 is 2.72 bits per heavy atom. The Kier molecular flexibility index (Phi) is 5.82. The summed E-state index contributed by atoms with van der Waals surface area (Å²) in [5.74, 6) is -0.0611. The molecule has 1 amide bonds. The van der Waals surface area contributed by atoms with E-state index in [1.165, 1.54) is 5.56 Å². The molecule has 1 aromatic carbocycles. The number of para-hydroxylation sites is 1. The van der Waals surface area contributed by atoms with Gasteiger partial charge in [-0.3, -0.25) is 14.6 Å². The molecule has 1 aliphatic rings. The van der Waals surface area contributed by atoms with Crippen LogP contribution in [0.25, 0.3) is 0 Å². The fourth-order valence-corrected chi connectivity index (χ4v) is 3.70. The molecule has 2 aromatic rings. The van der Waals surface area contributed by atoms with Gasteiger partial charge in [0.1, 0.15) is 6.07 Å². The number of rotatable bonds is 5. The molecule has 6 heteroatoms. The van der Waals surface area contributed by atoms with E-state index >= 15 is 0 Å². The number of nitrogens with zero attached hydrogens (tertiary/aromatic N) is 3. The van der Waals surface area contributed by atoms with Crippen molar-refractivity contribution in [1.29, 1.82) is 5.26 Å². The van der Waals surface area contributed by atoms with Crippen molar-refractivity contribution in [3.63, 3.8) is 0 Å². The lowest BCUT2D eigenvalue weighted by atomic mass is 10.1. The maximum atomic E-state index is 12.5. The fourth-order valence-electron chi connectivity index (χ4n) is 3.04. The molecule has 1 N–H and O–H groups in total. The van der Waals surface area contributed by atoms with Crippen molar-refractivity contribution in [1.82, 2.24) is 9.80 Å². The highest BCUT2D eigenvalue weighted by molar-refractivity contribution is 7.07. The molecule has 1 fully saturated rings. The number of amides is 1. The molecule has 0 saturated carbocycles. The first-order valence-electron chi connectivity index (χ1n) is 8.45. The van der Waals surface area contributed by atoms with Crippen molar-refractivity contribution in [2.24, 2.45) is 0 Å². The van der Waals surface area contributed by atoms with E-state index in [4.69, 9.17) is 5.26 Å². The number of anilines is 1. The molecule has 0 radical (unpaired) electrons. The largest absolute Gasteiger partial charge is 0.324 e. The lowest BCUT2D eigenvalue weighted by molar-refractivity contribution is -0.121. The van der Waals surface area contributed by atoms with Crippen molar-refractivity contribution < 1.29 is 4.79 Å². The van der Waals surface area contributed by atoms with Crippen molar-refractivity contribution in [3.8, 4) is 6.07 Å². The number of hydrogen-bond acceptors (Lipinski definition) is 5. The lowest BCUT2D eigenvalue weighted by Crippen LogP contribution is -2.52. The van der Waals surface area contributed by atoms with Crippen LogP contribution in [-0.4, -0.2) is 47.9 Å².